The molecule has 5 heteroatoms. The van der Waals surface area contributed by atoms with Crippen molar-refractivity contribution in [2.75, 3.05) is 5.32 Å². The van der Waals surface area contributed by atoms with Crippen LogP contribution < -0.4 is 5.32 Å². The minimum atomic E-state index is -0.181. The maximum absolute atomic E-state index is 12.6. The molecule has 24 heavy (non-hydrogen) atoms. The largest absolute Gasteiger partial charge is 0.324 e. The number of nitrogens with zero attached hydrogens (tertiary/aromatic N) is 1. The van der Waals surface area contributed by atoms with Crippen LogP contribution in [0.1, 0.15) is 12.5 Å². The fourth-order valence-corrected chi connectivity index (χ4v) is 2.95. The number of hydrogen-bond donors (Lipinski definition) is 1. The molecule has 3 nitrogen and oxygen atoms in total. The average Bonchev–Trinajstić information content (AvgIpc) is 2.58. The Kier molecular flexibility index (Phi) is 5.03. The van der Waals surface area contributed by atoms with Crippen molar-refractivity contribution in [3.05, 3.63) is 70.3 Å². The van der Waals surface area contributed by atoms with Gasteiger partial charge in [-0.1, -0.05) is 60.5 Å². The first-order valence-electron chi connectivity index (χ1n) is 7.64. The SMILES string of the molecule is C[C@H](Cc1ccccc1)C(=O)Nc1c(Cl)ccc2nc(Cl)ccc12. The van der Waals surface area contributed by atoms with Crippen molar-refractivity contribution in [1.82, 2.24) is 4.98 Å². The predicted octanol–water partition coefficient (Wildman–Crippen LogP) is 5.36. The molecule has 0 unspecified atom stereocenters. The van der Waals surface area contributed by atoms with Gasteiger partial charge >= 0.3 is 0 Å². The normalized spacial score (nSPS) is 12.1. The number of amides is 1. The molecule has 0 radical (unpaired) electrons. The van der Waals surface area contributed by atoms with E-state index in [1.165, 1.54) is 0 Å². The second-order valence-corrected chi connectivity index (χ2v) is 6.50. The van der Waals surface area contributed by atoms with Gasteiger partial charge < -0.3 is 5.32 Å². The summed E-state index contributed by atoms with van der Waals surface area (Å²) in [6.07, 6.45) is 0.666. The molecule has 3 aromatic rings. The lowest BCUT2D eigenvalue weighted by Crippen LogP contribution is -2.22. The smallest absolute Gasteiger partial charge is 0.227 e. The molecule has 1 heterocycles. The van der Waals surface area contributed by atoms with Crippen LogP contribution >= 0.6 is 23.2 Å². The molecule has 0 saturated heterocycles. The van der Waals surface area contributed by atoms with E-state index in [1.807, 2.05) is 43.3 Å². The molecule has 3 rings (SSSR count). The minimum absolute atomic E-state index is 0.0804. The van der Waals surface area contributed by atoms with Gasteiger partial charge in [0.2, 0.25) is 5.91 Å². The third kappa shape index (κ3) is 3.69. The number of hydrogen-bond acceptors (Lipinski definition) is 2. The Morgan fingerprint density at radius 2 is 1.83 bits per heavy atom. The predicted molar refractivity (Wildman–Crippen MR) is 99.7 cm³/mol. The highest BCUT2D eigenvalue weighted by atomic mass is 35.5. The summed E-state index contributed by atoms with van der Waals surface area (Å²) in [5.41, 5.74) is 2.39. The van der Waals surface area contributed by atoms with E-state index in [4.69, 9.17) is 23.2 Å². The molecule has 1 atom stereocenters. The monoisotopic (exact) mass is 358 g/mol. The van der Waals surface area contributed by atoms with E-state index < -0.39 is 0 Å². The molecule has 0 aliphatic heterocycles. The molecule has 1 amide bonds. The van der Waals surface area contributed by atoms with E-state index in [-0.39, 0.29) is 11.8 Å². The van der Waals surface area contributed by atoms with Crippen LogP contribution in [0.5, 0.6) is 0 Å². The van der Waals surface area contributed by atoms with Crippen molar-refractivity contribution in [2.24, 2.45) is 5.92 Å². The van der Waals surface area contributed by atoms with Gasteiger partial charge in [-0.2, -0.15) is 0 Å². The average molecular weight is 359 g/mol. The van der Waals surface area contributed by atoms with Crippen LogP contribution in [-0.2, 0) is 11.2 Å². The van der Waals surface area contributed by atoms with Gasteiger partial charge in [-0.15, -0.1) is 0 Å². The Morgan fingerprint density at radius 3 is 2.58 bits per heavy atom. The van der Waals surface area contributed by atoms with E-state index in [1.54, 1.807) is 18.2 Å². The zero-order valence-corrected chi connectivity index (χ0v) is 14.6. The molecule has 0 bridgehead atoms. The third-order valence-electron chi connectivity index (χ3n) is 3.87. The Hall–Kier alpha value is -2.10. The summed E-state index contributed by atoms with van der Waals surface area (Å²) < 4.78 is 0. The number of benzene rings is 2. The van der Waals surface area contributed by atoms with Crippen molar-refractivity contribution in [2.45, 2.75) is 13.3 Å². The number of aromatic nitrogens is 1. The van der Waals surface area contributed by atoms with Crippen molar-refractivity contribution < 1.29 is 4.79 Å². The molecule has 0 fully saturated rings. The first-order valence-corrected chi connectivity index (χ1v) is 8.40. The van der Waals surface area contributed by atoms with Crippen molar-refractivity contribution in [1.29, 1.82) is 0 Å². The summed E-state index contributed by atoms with van der Waals surface area (Å²) >= 11 is 12.2. The van der Waals surface area contributed by atoms with Gasteiger partial charge in [-0.25, -0.2) is 4.98 Å². The zero-order chi connectivity index (χ0) is 17.1. The van der Waals surface area contributed by atoms with Crippen molar-refractivity contribution in [3.8, 4) is 0 Å². The van der Waals surface area contributed by atoms with Crippen molar-refractivity contribution >= 4 is 45.7 Å². The van der Waals surface area contributed by atoms with Gasteiger partial charge in [0.1, 0.15) is 5.15 Å². The standard InChI is InChI=1S/C19H16Cl2N2O/c1-12(11-13-5-3-2-4-6-13)19(24)23-18-14-7-10-17(21)22-16(14)9-8-15(18)20/h2-10,12H,11H2,1H3,(H,23,24)/t12-/m1/s1. The Labute approximate surface area is 150 Å². The fourth-order valence-electron chi connectivity index (χ4n) is 2.59. The fraction of sp³-hybridized carbons (Fsp3) is 0.158. The molecular weight excluding hydrogens is 343 g/mol. The van der Waals surface area contributed by atoms with Crippen LogP contribution in [0.4, 0.5) is 5.69 Å². The van der Waals surface area contributed by atoms with Gasteiger partial charge in [0.25, 0.3) is 0 Å². The van der Waals surface area contributed by atoms with E-state index >= 15 is 0 Å². The van der Waals surface area contributed by atoms with Crippen LogP contribution in [0.2, 0.25) is 10.2 Å². The number of rotatable bonds is 4. The van der Waals surface area contributed by atoms with Crippen LogP contribution in [0.3, 0.4) is 0 Å². The lowest BCUT2D eigenvalue weighted by atomic mass is 10.00. The number of nitrogens with one attached hydrogen (secondary N) is 1. The highest BCUT2D eigenvalue weighted by Gasteiger charge is 2.17. The van der Waals surface area contributed by atoms with E-state index in [0.717, 1.165) is 10.9 Å². The maximum Gasteiger partial charge on any atom is 0.227 e. The van der Waals surface area contributed by atoms with Gasteiger partial charge in [-0.05, 0) is 36.2 Å². The molecule has 0 spiro atoms. The number of carbonyl (C=O) groups is 1. The van der Waals surface area contributed by atoms with Crippen LogP contribution in [0.25, 0.3) is 10.9 Å². The molecule has 1 aromatic heterocycles. The molecular formula is C19H16Cl2N2O. The summed E-state index contributed by atoms with van der Waals surface area (Å²) in [7, 11) is 0. The third-order valence-corrected chi connectivity index (χ3v) is 4.39. The van der Waals surface area contributed by atoms with Crippen LogP contribution in [0.15, 0.2) is 54.6 Å². The summed E-state index contributed by atoms with van der Waals surface area (Å²) in [5, 5.41) is 4.59. The Balaban J connectivity index is 1.83. The Morgan fingerprint density at radius 1 is 1.08 bits per heavy atom. The van der Waals surface area contributed by atoms with Crippen molar-refractivity contribution in [3.63, 3.8) is 0 Å². The summed E-state index contributed by atoms with van der Waals surface area (Å²) in [6, 6.07) is 16.9. The number of pyridine rings is 1. The molecule has 0 aliphatic rings. The number of carbonyl (C=O) groups excluding carboxylic acids is 1. The van der Waals surface area contributed by atoms with Gasteiger partial charge in [-0.3, -0.25) is 4.79 Å². The number of halogens is 2. The molecule has 0 saturated carbocycles. The first-order chi connectivity index (χ1) is 11.5. The quantitative estimate of drug-likeness (QED) is 0.637. The lowest BCUT2D eigenvalue weighted by Gasteiger charge is -2.15. The van der Waals surface area contributed by atoms with Gasteiger partial charge in [0.15, 0.2) is 0 Å². The molecule has 2 aromatic carbocycles. The molecule has 1 N–H and O–H groups in total. The van der Waals surface area contributed by atoms with E-state index in [0.29, 0.717) is 27.8 Å². The second kappa shape index (κ2) is 7.20. The second-order valence-electron chi connectivity index (χ2n) is 5.70. The maximum atomic E-state index is 12.6. The topological polar surface area (TPSA) is 42.0 Å². The minimum Gasteiger partial charge on any atom is -0.324 e. The van der Waals surface area contributed by atoms with Gasteiger partial charge in [0, 0.05) is 11.3 Å². The van der Waals surface area contributed by atoms with E-state index in [9.17, 15) is 4.79 Å². The van der Waals surface area contributed by atoms with E-state index in [2.05, 4.69) is 10.3 Å². The van der Waals surface area contributed by atoms with Crippen LogP contribution in [0, 0.1) is 5.92 Å². The van der Waals surface area contributed by atoms with Crippen LogP contribution in [-0.4, -0.2) is 10.9 Å². The summed E-state index contributed by atoms with van der Waals surface area (Å²) in [6.45, 7) is 1.90. The zero-order valence-electron chi connectivity index (χ0n) is 13.1. The molecule has 122 valence electrons. The summed E-state index contributed by atoms with van der Waals surface area (Å²) in [4.78, 5) is 16.8. The number of fused-ring (bicyclic) bond motifs is 1. The van der Waals surface area contributed by atoms with Gasteiger partial charge in [0.05, 0.1) is 16.2 Å². The Bertz CT molecular complexity index is 881. The highest BCUT2D eigenvalue weighted by molar-refractivity contribution is 6.35. The molecule has 0 aliphatic carbocycles. The highest BCUT2D eigenvalue weighted by Crippen LogP contribution is 2.31. The number of anilines is 1. The summed E-state index contributed by atoms with van der Waals surface area (Å²) in [5.74, 6) is -0.262. The lowest BCUT2D eigenvalue weighted by molar-refractivity contribution is -0.119. The first kappa shape index (κ1) is 16.7.